The number of anilines is 1. The molecule has 1 heterocycles. The van der Waals surface area contributed by atoms with Crippen LogP contribution in [0.4, 0.5) is 5.95 Å². The number of carboxylic acids is 1. The summed E-state index contributed by atoms with van der Waals surface area (Å²) in [6, 6.07) is 0.423. The zero-order valence-electron chi connectivity index (χ0n) is 12.5. The number of hydrogen-bond donors (Lipinski definition) is 1. The molecule has 1 aliphatic carbocycles. The van der Waals surface area contributed by atoms with Crippen molar-refractivity contribution in [3.8, 4) is 0 Å². The van der Waals surface area contributed by atoms with Crippen LogP contribution < -0.4 is 4.90 Å². The molecule has 2 rings (SSSR count). The van der Waals surface area contributed by atoms with Gasteiger partial charge in [0.2, 0.25) is 5.95 Å². The second kappa shape index (κ2) is 5.63. The molecule has 0 bridgehead atoms. The molecule has 20 heavy (non-hydrogen) atoms. The third-order valence-electron chi connectivity index (χ3n) is 3.96. The van der Waals surface area contributed by atoms with Gasteiger partial charge < -0.3 is 10.0 Å². The third-order valence-corrected chi connectivity index (χ3v) is 4.88. The predicted molar refractivity (Wildman–Crippen MR) is 79.4 cm³/mol. The van der Waals surface area contributed by atoms with Gasteiger partial charge in [0.25, 0.3) is 0 Å². The topological polar surface area (TPSA) is 71.2 Å². The van der Waals surface area contributed by atoms with Gasteiger partial charge in [-0.1, -0.05) is 18.7 Å². The summed E-state index contributed by atoms with van der Waals surface area (Å²) in [5.74, 6) is 0.0301. The molecule has 6 nitrogen and oxygen atoms in total. The highest BCUT2D eigenvalue weighted by Crippen LogP contribution is 2.41. The van der Waals surface area contributed by atoms with E-state index in [2.05, 4.69) is 40.4 Å². The van der Waals surface area contributed by atoms with Crippen LogP contribution in [0.2, 0.25) is 0 Å². The smallest absolute Gasteiger partial charge is 0.313 e. The van der Waals surface area contributed by atoms with E-state index >= 15 is 0 Å². The maximum absolute atomic E-state index is 10.7. The number of carboxylic acid groups (broad SMARTS) is 1. The first-order valence-corrected chi connectivity index (χ1v) is 7.88. The molecule has 112 valence electrons. The highest BCUT2D eigenvalue weighted by molar-refractivity contribution is 7.99. The van der Waals surface area contributed by atoms with E-state index in [1.54, 1.807) is 0 Å². The summed E-state index contributed by atoms with van der Waals surface area (Å²) in [6.07, 6.45) is 3.23. The van der Waals surface area contributed by atoms with Crippen LogP contribution in [0.25, 0.3) is 0 Å². The highest BCUT2D eigenvalue weighted by atomic mass is 32.2. The Bertz CT molecular complexity index is 497. The van der Waals surface area contributed by atoms with Gasteiger partial charge in [0, 0.05) is 18.6 Å². The lowest BCUT2D eigenvalue weighted by Gasteiger charge is -2.35. The molecular weight excluding hydrogens is 276 g/mol. The number of aromatic nitrogens is 3. The maximum Gasteiger partial charge on any atom is 0.313 e. The van der Waals surface area contributed by atoms with Gasteiger partial charge in [-0.05, 0) is 33.1 Å². The Balaban J connectivity index is 2.27. The van der Waals surface area contributed by atoms with Crippen LogP contribution in [-0.2, 0) is 4.79 Å². The van der Waals surface area contributed by atoms with Crippen molar-refractivity contribution in [1.29, 1.82) is 0 Å². The van der Waals surface area contributed by atoms with Crippen molar-refractivity contribution in [3.05, 3.63) is 0 Å². The molecule has 0 atom stereocenters. The number of carbonyl (C=O) groups is 1. The van der Waals surface area contributed by atoms with Crippen LogP contribution >= 0.6 is 11.8 Å². The average molecular weight is 298 g/mol. The van der Waals surface area contributed by atoms with Crippen LogP contribution in [0.15, 0.2) is 5.16 Å². The second-order valence-corrected chi connectivity index (χ2v) is 6.73. The van der Waals surface area contributed by atoms with Crippen LogP contribution in [0, 0.1) is 0 Å². The molecule has 0 spiro atoms. The lowest BCUT2D eigenvalue weighted by atomic mass is 10.0. The molecule has 0 aromatic carbocycles. The van der Waals surface area contributed by atoms with E-state index in [0.717, 1.165) is 25.2 Å². The van der Waals surface area contributed by atoms with Gasteiger partial charge in [0.05, 0.1) is 5.75 Å². The average Bonchev–Trinajstić information content (AvgIpc) is 3.15. The van der Waals surface area contributed by atoms with Crippen molar-refractivity contribution in [3.63, 3.8) is 0 Å². The van der Waals surface area contributed by atoms with Crippen LogP contribution in [-0.4, -0.2) is 44.2 Å². The van der Waals surface area contributed by atoms with Gasteiger partial charge in [-0.15, -0.1) is 10.2 Å². The fourth-order valence-corrected chi connectivity index (χ4v) is 2.60. The van der Waals surface area contributed by atoms with E-state index in [9.17, 15) is 4.79 Å². The predicted octanol–water partition coefficient (Wildman–Crippen LogP) is 2.41. The Morgan fingerprint density at radius 1 is 1.50 bits per heavy atom. The Kier molecular flexibility index (Phi) is 4.27. The standard InChI is InChI=1S/C13H22N4O2S/c1-5-13(2,3)16(4)11-14-15-12(20-8-10(18)19)17(11)9-6-7-9/h9H,5-8H2,1-4H3,(H,18,19). The van der Waals surface area contributed by atoms with Crippen LogP contribution in [0.3, 0.4) is 0 Å². The molecule has 7 heteroatoms. The van der Waals surface area contributed by atoms with Crippen LogP contribution in [0.1, 0.15) is 46.1 Å². The molecule has 0 saturated heterocycles. The van der Waals surface area contributed by atoms with Gasteiger partial charge in [0.1, 0.15) is 0 Å². The molecule has 0 amide bonds. The number of rotatable bonds is 7. The summed E-state index contributed by atoms with van der Waals surface area (Å²) in [7, 11) is 2.03. The van der Waals surface area contributed by atoms with Gasteiger partial charge in [-0.2, -0.15) is 0 Å². The van der Waals surface area contributed by atoms with Gasteiger partial charge in [0.15, 0.2) is 5.16 Å². The number of aliphatic carboxylic acids is 1. The van der Waals surface area contributed by atoms with Crippen molar-refractivity contribution in [2.75, 3.05) is 17.7 Å². The normalized spacial score (nSPS) is 15.4. The fourth-order valence-electron chi connectivity index (χ4n) is 1.88. The Morgan fingerprint density at radius 3 is 2.65 bits per heavy atom. The monoisotopic (exact) mass is 298 g/mol. The van der Waals surface area contributed by atoms with Gasteiger partial charge in [-0.25, -0.2) is 0 Å². The lowest BCUT2D eigenvalue weighted by Crippen LogP contribution is -2.42. The molecular formula is C13H22N4O2S. The summed E-state index contributed by atoms with van der Waals surface area (Å²) in [5.41, 5.74) is -0.00555. The first kappa shape index (κ1) is 15.2. The fraction of sp³-hybridized carbons (Fsp3) is 0.769. The largest absolute Gasteiger partial charge is 0.481 e. The van der Waals surface area contributed by atoms with E-state index in [-0.39, 0.29) is 11.3 Å². The second-order valence-electron chi connectivity index (χ2n) is 5.79. The van der Waals surface area contributed by atoms with E-state index in [1.165, 1.54) is 11.8 Å². The molecule has 1 aromatic rings. The minimum atomic E-state index is -0.830. The first-order chi connectivity index (χ1) is 9.36. The van der Waals surface area contributed by atoms with E-state index in [1.807, 2.05) is 7.05 Å². The zero-order chi connectivity index (χ0) is 14.9. The van der Waals surface area contributed by atoms with E-state index in [0.29, 0.717) is 11.2 Å². The number of nitrogens with zero attached hydrogens (tertiary/aromatic N) is 4. The molecule has 1 fully saturated rings. The van der Waals surface area contributed by atoms with Gasteiger partial charge >= 0.3 is 5.97 Å². The Morgan fingerprint density at radius 2 is 2.15 bits per heavy atom. The summed E-state index contributed by atoms with van der Waals surface area (Å²) in [4.78, 5) is 12.9. The Labute approximate surface area is 123 Å². The SMILES string of the molecule is CCC(C)(C)N(C)c1nnc(SCC(=O)O)n1C1CC1. The minimum absolute atomic E-state index is 0.00555. The van der Waals surface area contributed by atoms with Crippen molar-refractivity contribution >= 4 is 23.7 Å². The van der Waals surface area contributed by atoms with Crippen molar-refractivity contribution in [1.82, 2.24) is 14.8 Å². The minimum Gasteiger partial charge on any atom is -0.481 e. The molecule has 0 radical (unpaired) electrons. The van der Waals surface area contributed by atoms with Crippen molar-refractivity contribution in [2.45, 2.75) is 56.8 Å². The quantitative estimate of drug-likeness (QED) is 0.779. The molecule has 1 aliphatic rings. The highest BCUT2D eigenvalue weighted by Gasteiger charge is 2.34. The number of hydrogen-bond acceptors (Lipinski definition) is 5. The molecule has 0 unspecified atom stereocenters. The molecule has 1 N–H and O–H groups in total. The maximum atomic E-state index is 10.7. The lowest BCUT2D eigenvalue weighted by molar-refractivity contribution is -0.133. The summed E-state index contributed by atoms with van der Waals surface area (Å²) < 4.78 is 2.10. The van der Waals surface area contributed by atoms with Crippen LogP contribution in [0.5, 0.6) is 0 Å². The van der Waals surface area contributed by atoms with Crippen molar-refractivity contribution in [2.24, 2.45) is 0 Å². The van der Waals surface area contributed by atoms with E-state index in [4.69, 9.17) is 5.11 Å². The summed E-state index contributed by atoms with van der Waals surface area (Å²) in [6.45, 7) is 6.49. The summed E-state index contributed by atoms with van der Waals surface area (Å²) in [5, 5.41) is 18.0. The third kappa shape index (κ3) is 3.08. The molecule has 0 aliphatic heterocycles. The van der Waals surface area contributed by atoms with Gasteiger partial charge in [-0.3, -0.25) is 9.36 Å². The molecule has 1 saturated carbocycles. The van der Waals surface area contributed by atoms with E-state index < -0.39 is 5.97 Å². The molecule has 1 aromatic heterocycles. The first-order valence-electron chi connectivity index (χ1n) is 6.90. The summed E-state index contributed by atoms with van der Waals surface area (Å²) >= 11 is 1.24. The number of thioether (sulfide) groups is 1. The van der Waals surface area contributed by atoms with Crippen molar-refractivity contribution < 1.29 is 9.90 Å². The Hall–Kier alpha value is -1.24. The zero-order valence-corrected chi connectivity index (χ0v) is 13.3.